The Hall–Kier alpha value is -2.00. The van der Waals surface area contributed by atoms with Crippen molar-refractivity contribution < 1.29 is 15.0 Å². The highest BCUT2D eigenvalue weighted by molar-refractivity contribution is 6.33. The highest BCUT2D eigenvalue weighted by Crippen LogP contribution is 2.31. The first-order valence-corrected chi connectivity index (χ1v) is 5.28. The van der Waals surface area contributed by atoms with E-state index < -0.39 is 5.97 Å². The van der Waals surface area contributed by atoms with Crippen LogP contribution in [0.2, 0.25) is 5.02 Å². The van der Waals surface area contributed by atoms with Crippen molar-refractivity contribution >= 4 is 17.6 Å². The number of carboxylic acids is 1. The topological polar surface area (TPSA) is 57.5 Å². The molecule has 0 saturated heterocycles. The highest BCUT2D eigenvalue weighted by atomic mass is 35.5. The molecule has 2 rings (SSSR count). The average Bonchev–Trinajstić information content (AvgIpc) is 2.29. The summed E-state index contributed by atoms with van der Waals surface area (Å²) in [6.07, 6.45) is 0. The van der Waals surface area contributed by atoms with Gasteiger partial charge in [0.1, 0.15) is 11.3 Å². The first-order valence-electron chi connectivity index (χ1n) is 4.91. The molecule has 0 amide bonds. The van der Waals surface area contributed by atoms with Gasteiger partial charge in [0.15, 0.2) is 0 Å². The van der Waals surface area contributed by atoms with Crippen LogP contribution in [-0.4, -0.2) is 16.2 Å². The maximum Gasteiger partial charge on any atom is 0.339 e. The van der Waals surface area contributed by atoms with Gasteiger partial charge in [-0.3, -0.25) is 0 Å². The molecule has 86 valence electrons. The van der Waals surface area contributed by atoms with Gasteiger partial charge < -0.3 is 10.2 Å². The molecule has 0 aliphatic rings. The van der Waals surface area contributed by atoms with Crippen LogP contribution in [0.1, 0.15) is 10.4 Å². The molecule has 4 heteroatoms. The second-order valence-corrected chi connectivity index (χ2v) is 3.92. The van der Waals surface area contributed by atoms with E-state index in [-0.39, 0.29) is 11.3 Å². The fourth-order valence-electron chi connectivity index (χ4n) is 1.58. The van der Waals surface area contributed by atoms with Gasteiger partial charge in [0.25, 0.3) is 0 Å². The zero-order valence-corrected chi connectivity index (χ0v) is 9.48. The molecule has 0 spiro atoms. The van der Waals surface area contributed by atoms with Gasteiger partial charge in [0.05, 0.1) is 0 Å². The van der Waals surface area contributed by atoms with E-state index >= 15 is 0 Å². The van der Waals surface area contributed by atoms with E-state index in [9.17, 15) is 9.90 Å². The second-order valence-electron chi connectivity index (χ2n) is 3.52. The highest BCUT2D eigenvalue weighted by Gasteiger charge is 2.11. The molecule has 0 aromatic heterocycles. The number of aromatic hydroxyl groups is 1. The SMILES string of the molecule is O=C(O)c1ccc(-c2ccccc2Cl)cc1O. The van der Waals surface area contributed by atoms with Crippen molar-refractivity contribution in [2.24, 2.45) is 0 Å². The van der Waals surface area contributed by atoms with Crippen LogP contribution < -0.4 is 0 Å². The lowest BCUT2D eigenvalue weighted by molar-refractivity contribution is 0.0694. The molecule has 2 N–H and O–H groups in total. The van der Waals surface area contributed by atoms with Crippen molar-refractivity contribution in [3.63, 3.8) is 0 Å². The summed E-state index contributed by atoms with van der Waals surface area (Å²) in [7, 11) is 0. The molecule has 0 radical (unpaired) electrons. The molecular formula is C13H9ClO3. The van der Waals surface area contributed by atoms with Gasteiger partial charge >= 0.3 is 5.97 Å². The van der Waals surface area contributed by atoms with Crippen LogP contribution in [0.3, 0.4) is 0 Å². The third-order valence-corrected chi connectivity index (χ3v) is 2.74. The van der Waals surface area contributed by atoms with Crippen LogP contribution >= 0.6 is 11.6 Å². The fourth-order valence-corrected chi connectivity index (χ4v) is 1.82. The summed E-state index contributed by atoms with van der Waals surface area (Å²) in [5, 5.41) is 18.9. The quantitative estimate of drug-likeness (QED) is 0.856. The summed E-state index contributed by atoms with van der Waals surface area (Å²) in [5.41, 5.74) is 1.31. The molecule has 0 unspecified atom stereocenters. The predicted octanol–water partition coefficient (Wildman–Crippen LogP) is 3.41. The Balaban J connectivity index is 2.52. The van der Waals surface area contributed by atoms with E-state index in [0.717, 1.165) is 5.56 Å². The van der Waals surface area contributed by atoms with Crippen LogP contribution in [0, 0.1) is 0 Å². The van der Waals surface area contributed by atoms with E-state index in [0.29, 0.717) is 10.6 Å². The Morgan fingerprint density at radius 1 is 1.12 bits per heavy atom. The van der Waals surface area contributed by atoms with Crippen molar-refractivity contribution in [3.05, 3.63) is 53.1 Å². The van der Waals surface area contributed by atoms with Crippen molar-refractivity contribution in [2.45, 2.75) is 0 Å². The molecule has 17 heavy (non-hydrogen) atoms. The Morgan fingerprint density at radius 3 is 2.41 bits per heavy atom. The minimum Gasteiger partial charge on any atom is -0.507 e. The standard InChI is InChI=1S/C13H9ClO3/c14-11-4-2-1-3-9(11)8-5-6-10(13(16)17)12(15)7-8/h1-7,15H,(H,16,17). The van der Waals surface area contributed by atoms with Crippen LogP contribution in [0.5, 0.6) is 5.75 Å². The summed E-state index contributed by atoms with van der Waals surface area (Å²) in [6.45, 7) is 0. The maximum absolute atomic E-state index is 10.8. The Labute approximate surface area is 103 Å². The molecule has 0 heterocycles. The maximum atomic E-state index is 10.8. The van der Waals surface area contributed by atoms with Gasteiger partial charge in [-0.15, -0.1) is 0 Å². The smallest absolute Gasteiger partial charge is 0.339 e. The first kappa shape index (κ1) is 11.5. The van der Waals surface area contributed by atoms with Gasteiger partial charge in [0, 0.05) is 10.6 Å². The Morgan fingerprint density at radius 2 is 1.82 bits per heavy atom. The third-order valence-electron chi connectivity index (χ3n) is 2.41. The minimum atomic E-state index is -1.16. The van der Waals surface area contributed by atoms with E-state index in [4.69, 9.17) is 16.7 Å². The summed E-state index contributed by atoms with van der Waals surface area (Å²) in [6, 6.07) is 11.5. The van der Waals surface area contributed by atoms with Crippen LogP contribution in [0.15, 0.2) is 42.5 Å². The Bertz CT molecular complexity index is 579. The number of aromatic carboxylic acids is 1. The largest absolute Gasteiger partial charge is 0.507 e. The minimum absolute atomic E-state index is 0.124. The fraction of sp³-hybridized carbons (Fsp3) is 0. The number of carboxylic acid groups (broad SMARTS) is 1. The number of benzene rings is 2. The number of hydrogen-bond donors (Lipinski definition) is 2. The molecule has 2 aromatic rings. The molecule has 0 bridgehead atoms. The normalized spacial score (nSPS) is 10.2. The second kappa shape index (κ2) is 4.47. The molecule has 0 fully saturated rings. The lowest BCUT2D eigenvalue weighted by Crippen LogP contribution is -1.96. The van der Waals surface area contributed by atoms with Gasteiger partial charge in [-0.2, -0.15) is 0 Å². The van der Waals surface area contributed by atoms with Crippen molar-refractivity contribution in [2.75, 3.05) is 0 Å². The monoisotopic (exact) mass is 248 g/mol. The lowest BCUT2D eigenvalue weighted by atomic mass is 10.0. The number of phenols is 1. The van der Waals surface area contributed by atoms with Crippen molar-refractivity contribution in [1.29, 1.82) is 0 Å². The molecule has 0 aliphatic carbocycles. The summed E-state index contributed by atoms with van der Waals surface area (Å²) in [4.78, 5) is 10.8. The van der Waals surface area contributed by atoms with Crippen molar-refractivity contribution in [3.8, 4) is 16.9 Å². The van der Waals surface area contributed by atoms with E-state index in [1.54, 1.807) is 24.3 Å². The van der Waals surface area contributed by atoms with E-state index in [2.05, 4.69) is 0 Å². The zero-order chi connectivity index (χ0) is 12.4. The predicted molar refractivity (Wildman–Crippen MR) is 65.5 cm³/mol. The molecular weight excluding hydrogens is 240 g/mol. The number of rotatable bonds is 2. The van der Waals surface area contributed by atoms with E-state index in [1.807, 2.05) is 6.07 Å². The average molecular weight is 249 g/mol. The number of halogens is 1. The lowest BCUT2D eigenvalue weighted by Gasteiger charge is -2.06. The molecule has 0 atom stereocenters. The number of carbonyl (C=O) groups is 1. The third kappa shape index (κ3) is 2.24. The summed E-state index contributed by atoms with van der Waals surface area (Å²) < 4.78 is 0. The van der Waals surface area contributed by atoms with Gasteiger partial charge in [-0.1, -0.05) is 35.9 Å². The van der Waals surface area contributed by atoms with E-state index in [1.165, 1.54) is 12.1 Å². The first-order chi connectivity index (χ1) is 8.09. The molecule has 2 aromatic carbocycles. The van der Waals surface area contributed by atoms with Crippen molar-refractivity contribution in [1.82, 2.24) is 0 Å². The molecule has 0 saturated carbocycles. The zero-order valence-electron chi connectivity index (χ0n) is 8.72. The summed E-state index contributed by atoms with van der Waals surface area (Å²) >= 11 is 6.02. The van der Waals surface area contributed by atoms with Gasteiger partial charge in [0.2, 0.25) is 0 Å². The van der Waals surface area contributed by atoms with Gasteiger partial charge in [-0.25, -0.2) is 4.79 Å². The summed E-state index contributed by atoms with van der Waals surface area (Å²) in [5.74, 6) is -1.43. The molecule has 3 nitrogen and oxygen atoms in total. The van der Waals surface area contributed by atoms with Crippen LogP contribution in [0.25, 0.3) is 11.1 Å². The Kier molecular flexibility index (Phi) is 3.02. The van der Waals surface area contributed by atoms with Crippen LogP contribution in [0.4, 0.5) is 0 Å². The number of hydrogen-bond acceptors (Lipinski definition) is 2. The van der Waals surface area contributed by atoms with Crippen LogP contribution in [-0.2, 0) is 0 Å². The molecule has 0 aliphatic heterocycles. The van der Waals surface area contributed by atoms with Gasteiger partial charge in [-0.05, 0) is 23.8 Å².